The predicted octanol–water partition coefficient (Wildman–Crippen LogP) is 7.80. The Hall–Kier alpha value is -0.980. The van der Waals surface area contributed by atoms with Crippen molar-refractivity contribution in [3.63, 3.8) is 0 Å². The molecule has 2 atom stereocenters. The molecule has 1 aromatic rings. The molecule has 1 aliphatic heterocycles. The van der Waals surface area contributed by atoms with E-state index in [-0.39, 0.29) is 6.29 Å². The van der Waals surface area contributed by atoms with Gasteiger partial charge in [-0.15, -0.1) is 0 Å². The molecule has 0 spiro atoms. The summed E-state index contributed by atoms with van der Waals surface area (Å²) in [6, 6.07) is 8.96. The van der Waals surface area contributed by atoms with Gasteiger partial charge in [0.25, 0.3) is 0 Å². The van der Waals surface area contributed by atoms with Crippen molar-refractivity contribution in [1.29, 1.82) is 0 Å². The highest BCUT2D eigenvalue weighted by Gasteiger charge is 2.13. The summed E-state index contributed by atoms with van der Waals surface area (Å²) in [7, 11) is 0. The summed E-state index contributed by atoms with van der Waals surface area (Å²) >= 11 is 0. The van der Waals surface area contributed by atoms with Crippen LogP contribution in [0.1, 0.15) is 114 Å². The maximum atomic E-state index is 5.77. The average Bonchev–Trinajstić information content (AvgIpc) is 2.91. The topological polar surface area (TPSA) is 46.2 Å². The first-order chi connectivity index (χ1) is 17.8. The standard InChI is InChI=1S/C31H54O5/c1-3-4-5-6-7-8-9-10-11-14-28(2)30-18-16-29(17-19-30)27-34-24-23-32-21-22-33-25-26-36-31-15-12-13-20-35-31/h16-19,28,31H,3-15,20-27H2,1-2H3. The highest BCUT2D eigenvalue weighted by Crippen LogP contribution is 2.23. The summed E-state index contributed by atoms with van der Waals surface area (Å²) in [5, 5.41) is 0. The third-order valence-electron chi connectivity index (χ3n) is 6.97. The van der Waals surface area contributed by atoms with E-state index in [1.807, 2.05) is 0 Å². The number of unbranched alkanes of at least 4 members (excludes halogenated alkanes) is 8. The fraction of sp³-hybridized carbons (Fsp3) is 0.806. The zero-order valence-electron chi connectivity index (χ0n) is 23.4. The molecule has 5 heteroatoms. The van der Waals surface area contributed by atoms with Crippen molar-refractivity contribution in [1.82, 2.24) is 0 Å². The first-order valence-corrected chi connectivity index (χ1v) is 14.8. The van der Waals surface area contributed by atoms with Crippen LogP contribution in [0, 0.1) is 0 Å². The van der Waals surface area contributed by atoms with Crippen molar-refractivity contribution in [2.75, 3.05) is 46.2 Å². The van der Waals surface area contributed by atoms with E-state index in [2.05, 4.69) is 38.1 Å². The maximum absolute atomic E-state index is 5.77. The summed E-state index contributed by atoms with van der Waals surface area (Å²) in [4.78, 5) is 0. The van der Waals surface area contributed by atoms with Gasteiger partial charge in [0.1, 0.15) is 0 Å². The average molecular weight is 507 g/mol. The van der Waals surface area contributed by atoms with E-state index >= 15 is 0 Å². The lowest BCUT2D eigenvalue weighted by Gasteiger charge is -2.22. The van der Waals surface area contributed by atoms with Crippen molar-refractivity contribution in [3.05, 3.63) is 35.4 Å². The third-order valence-corrected chi connectivity index (χ3v) is 6.97. The Labute approximate surface area is 221 Å². The summed E-state index contributed by atoms with van der Waals surface area (Å²) in [6.45, 7) is 9.57. The van der Waals surface area contributed by atoms with E-state index in [1.54, 1.807) is 0 Å². The lowest BCUT2D eigenvalue weighted by molar-refractivity contribution is -0.169. The minimum atomic E-state index is -0.0418. The minimum absolute atomic E-state index is 0.0418. The Bertz CT molecular complexity index is 599. The molecule has 0 aromatic heterocycles. The van der Waals surface area contributed by atoms with Crippen LogP contribution in [-0.2, 0) is 30.3 Å². The van der Waals surface area contributed by atoms with Gasteiger partial charge in [0, 0.05) is 6.61 Å². The molecule has 0 bridgehead atoms. The van der Waals surface area contributed by atoms with Crippen LogP contribution in [0.25, 0.3) is 0 Å². The second kappa shape index (κ2) is 22.0. The second-order valence-electron chi connectivity index (χ2n) is 10.2. The summed E-state index contributed by atoms with van der Waals surface area (Å²) < 4.78 is 28.1. The molecule has 1 heterocycles. The fourth-order valence-electron chi connectivity index (χ4n) is 4.58. The predicted molar refractivity (Wildman–Crippen MR) is 148 cm³/mol. The number of hydrogen-bond donors (Lipinski definition) is 0. The van der Waals surface area contributed by atoms with Gasteiger partial charge in [-0.05, 0) is 42.7 Å². The zero-order valence-corrected chi connectivity index (χ0v) is 23.4. The maximum Gasteiger partial charge on any atom is 0.157 e. The van der Waals surface area contributed by atoms with Crippen LogP contribution in [0.2, 0.25) is 0 Å². The Kier molecular flexibility index (Phi) is 19.1. The van der Waals surface area contributed by atoms with Crippen LogP contribution >= 0.6 is 0 Å². The van der Waals surface area contributed by atoms with Gasteiger partial charge in [-0.2, -0.15) is 0 Å². The lowest BCUT2D eigenvalue weighted by Crippen LogP contribution is -2.24. The normalized spacial score (nSPS) is 16.9. The van der Waals surface area contributed by atoms with E-state index < -0.39 is 0 Å². The van der Waals surface area contributed by atoms with Crippen molar-refractivity contribution in [3.8, 4) is 0 Å². The highest BCUT2D eigenvalue weighted by molar-refractivity contribution is 5.24. The molecular formula is C31H54O5. The fourth-order valence-corrected chi connectivity index (χ4v) is 4.58. The highest BCUT2D eigenvalue weighted by atomic mass is 16.7. The Morgan fingerprint density at radius 3 is 2.00 bits per heavy atom. The second-order valence-corrected chi connectivity index (χ2v) is 10.2. The Morgan fingerprint density at radius 2 is 1.36 bits per heavy atom. The Morgan fingerprint density at radius 1 is 0.750 bits per heavy atom. The molecule has 1 fully saturated rings. The first kappa shape index (κ1) is 31.2. The largest absolute Gasteiger partial charge is 0.377 e. The molecule has 0 radical (unpaired) electrons. The van der Waals surface area contributed by atoms with Gasteiger partial charge in [-0.25, -0.2) is 0 Å². The van der Waals surface area contributed by atoms with Crippen LogP contribution < -0.4 is 0 Å². The van der Waals surface area contributed by atoms with Gasteiger partial charge in [-0.1, -0.05) is 95.9 Å². The summed E-state index contributed by atoms with van der Waals surface area (Å²) in [5.41, 5.74) is 2.66. The van der Waals surface area contributed by atoms with Crippen molar-refractivity contribution in [2.45, 2.75) is 116 Å². The summed E-state index contributed by atoms with van der Waals surface area (Å²) in [6.07, 6.45) is 17.1. The van der Waals surface area contributed by atoms with Gasteiger partial charge < -0.3 is 23.7 Å². The molecule has 0 N–H and O–H groups in total. The van der Waals surface area contributed by atoms with Crippen molar-refractivity contribution >= 4 is 0 Å². The molecule has 0 saturated carbocycles. The van der Waals surface area contributed by atoms with Crippen LogP contribution in [-0.4, -0.2) is 52.5 Å². The Balaban J connectivity index is 1.38. The summed E-state index contributed by atoms with van der Waals surface area (Å²) in [5.74, 6) is 0.632. The first-order valence-electron chi connectivity index (χ1n) is 14.8. The van der Waals surface area contributed by atoms with E-state index in [9.17, 15) is 0 Å². The van der Waals surface area contributed by atoms with E-state index in [4.69, 9.17) is 23.7 Å². The van der Waals surface area contributed by atoms with Crippen LogP contribution in [0.5, 0.6) is 0 Å². The molecule has 1 saturated heterocycles. The quantitative estimate of drug-likeness (QED) is 0.142. The zero-order chi connectivity index (χ0) is 25.5. The van der Waals surface area contributed by atoms with E-state index in [0.717, 1.165) is 19.4 Å². The van der Waals surface area contributed by atoms with Gasteiger partial charge in [-0.3, -0.25) is 0 Å². The molecule has 0 amide bonds. The van der Waals surface area contributed by atoms with Crippen molar-refractivity contribution < 1.29 is 23.7 Å². The monoisotopic (exact) mass is 506 g/mol. The van der Waals surface area contributed by atoms with Crippen LogP contribution in [0.3, 0.4) is 0 Å². The van der Waals surface area contributed by atoms with Gasteiger partial charge >= 0.3 is 0 Å². The lowest BCUT2D eigenvalue weighted by atomic mass is 9.94. The number of benzene rings is 1. The third kappa shape index (κ3) is 16.0. The number of rotatable bonds is 23. The molecule has 208 valence electrons. The number of hydrogen-bond acceptors (Lipinski definition) is 5. The van der Waals surface area contributed by atoms with Gasteiger partial charge in [0.05, 0.1) is 46.2 Å². The molecule has 2 unspecified atom stereocenters. The molecule has 0 aliphatic carbocycles. The van der Waals surface area contributed by atoms with Crippen molar-refractivity contribution in [2.24, 2.45) is 0 Å². The number of ether oxygens (including phenoxy) is 5. The molecule has 5 nitrogen and oxygen atoms in total. The molecule has 2 rings (SSSR count). The minimum Gasteiger partial charge on any atom is -0.377 e. The molecule has 1 aromatic carbocycles. The smallest absolute Gasteiger partial charge is 0.157 e. The van der Waals surface area contributed by atoms with E-state index in [0.29, 0.717) is 52.2 Å². The van der Waals surface area contributed by atoms with Gasteiger partial charge in [0.15, 0.2) is 6.29 Å². The van der Waals surface area contributed by atoms with E-state index in [1.165, 1.54) is 81.8 Å². The van der Waals surface area contributed by atoms with Crippen LogP contribution in [0.4, 0.5) is 0 Å². The SMILES string of the molecule is CCCCCCCCCCCC(C)c1ccc(COCCOCCOCCOC2CCCCO2)cc1. The molecule has 1 aliphatic rings. The van der Waals surface area contributed by atoms with Gasteiger partial charge in [0.2, 0.25) is 0 Å². The molecular weight excluding hydrogens is 452 g/mol. The molecule has 36 heavy (non-hydrogen) atoms. The van der Waals surface area contributed by atoms with Crippen LogP contribution in [0.15, 0.2) is 24.3 Å².